The monoisotopic (exact) mass is 306 g/mol. The van der Waals surface area contributed by atoms with Gasteiger partial charge in [-0.2, -0.15) is 0 Å². The van der Waals surface area contributed by atoms with Gasteiger partial charge in [0.25, 0.3) is 0 Å². The maximum Gasteiger partial charge on any atom is 0.186 e. The topological polar surface area (TPSA) is 99.4 Å². The molecule has 0 aromatic rings. The molecule has 0 aromatic carbocycles. The molecular formula is C15H30O6. The third-order valence-electron chi connectivity index (χ3n) is 3.88. The van der Waals surface area contributed by atoms with Crippen LogP contribution in [0.1, 0.15) is 51.9 Å². The Balaban J connectivity index is 2.16. The lowest BCUT2D eigenvalue weighted by Gasteiger charge is -2.39. The highest BCUT2D eigenvalue weighted by atomic mass is 16.7. The molecule has 6 heteroatoms. The van der Waals surface area contributed by atoms with Crippen molar-refractivity contribution in [1.82, 2.24) is 0 Å². The number of ether oxygens (including phenoxy) is 2. The van der Waals surface area contributed by atoms with Gasteiger partial charge in [0.15, 0.2) is 6.29 Å². The fraction of sp³-hybridized carbons (Fsp3) is 1.00. The molecular weight excluding hydrogens is 276 g/mol. The van der Waals surface area contributed by atoms with Crippen molar-refractivity contribution in [1.29, 1.82) is 0 Å². The van der Waals surface area contributed by atoms with E-state index in [1.807, 2.05) is 0 Å². The average Bonchev–Trinajstić information content (AvgIpc) is 2.49. The number of unbranched alkanes of at least 4 members (excludes halogenated alkanes) is 6. The summed E-state index contributed by atoms with van der Waals surface area (Å²) in [5.74, 6) is 0. The molecule has 6 nitrogen and oxygen atoms in total. The van der Waals surface area contributed by atoms with Gasteiger partial charge in [0, 0.05) is 6.61 Å². The van der Waals surface area contributed by atoms with Crippen molar-refractivity contribution in [2.45, 2.75) is 82.6 Å². The van der Waals surface area contributed by atoms with Gasteiger partial charge in [0.1, 0.15) is 24.4 Å². The Morgan fingerprint density at radius 3 is 2.10 bits per heavy atom. The van der Waals surface area contributed by atoms with Crippen molar-refractivity contribution in [3.63, 3.8) is 0 Å². The van der Waals surface area contributed by atoms with Gasteiger partial charge >= 0.3 is 0 Å². The van der Waals surface area contributed by atoms with Gasteiger partial charge in [0.2, 0.25) is 0 Å². The van der Waals surface area contributed by atoms with Crippen LogP contribution in [0.2, 0.25) is 0 Å². The summed E-state index contributed by atoms with van der Waals surface area (Å²) in [6, 6.07) is 0. The van der Waals surface area contributed by atoms with Gasteiger partial charge in [-0.1, -0.05) is 45.4 Å². The Bertz CT molecular complexity index is 261. The van der Waals surface area contributed by atoms with E-state index in [0.29, 0.717) is 6.61 Å². The fourth-order valence-electron chi connectivity index (χ4n) is 2.46. The zero-order valence-corrected chi connectivity index (χ0v) is 12.9. The molecule has 1 aliphatic rings. The first-order chi connectivity index (χ1) is 10.1. The van der Waals surface area contributed by atoms with Crippen LogP contribution in [-0.2, 0) is 9.47 Å². The van der Waals surface area contributed by atoms with Crippen LogP contribution in [0.5, 0.6) is 0 Å². The first-order valence-corrected chi connectivity index (χ1v) is 8.04. The maximum absolute atomic E-state index is 9.78. The standard InChI is InChI=1S/C15H30O6/c1-2-3-4-5-6-7-8-9-20-15-14(19)13(18)12(17)11(10-16)21-15/h11-19H,2-10H2,1H3/t11-,12-,13+,14-,15-/m1/s1. The molecule has 0 unspecified atom stereocenters. The number of aliphatic hydroxyl groups is 4. The highest BCUT2D eigenvalue weighted by Crippen LogP contribution is 2.22. The average molecular weight is 306 g/mol. The van der Waals surface area contributed by atoms with E-state index in [1.165, 1.54) is 25.7 Å². The van der Waals surface area contributed by atoms with E-state index in [2.05, 4.69) is 6.92 Å². The van der Waals surface area contributed by atoms with Gasteiger partial charge in [-0.3, -0.25) is 0 Å². The molecule has 5 atom stereocenters. The van der Waals surface area contributed by atoms with E-state index < -0.39 is 37.3 Å². The summed E-state index contributed by atoms with van der Waals surface area (Å²) in [7, 11) is 0. The minimum atomic E-state index is -1.37. The molecule has 1 saturated heterocycles. The van der Waals surface area contributed by atoms with E-state index >= 15 is 0 Å². The molecule has 126 valence electrons. The number of rotatable bonds is 10. The van der Waals surface area contributed by atoms with Crippen LogP contribution in [0.15, 0.2) is 0 Å². The van der Waals surface area contributed by atoms with Crippen LogP contribution in [0.3, 0.4) is 0 Å². The van der Waals surface area contributed by atoms with E-state index in [4.69, 9.17) is 14.6 Å². The van der Waals surface area contributed by atoms with E-state index in [-0.39, 0.29) is 0 Å². The van der Waals surface area contributed by atoms with Crippen LogP contribution in [0.4, 0.5) is 0 Å². The van der Waals surface area contributed by atoms with Gasteiger partial charge in [-0.15, -0.1) is 0 Å². The van der Waals surface area contributed by atoms with Crippen LogP contribution in [0, 0.1) is 0 Å². The van der Waals surface area contributed by atoms with Crippen molar-refractivity contribution in [2.24, 2.45) is 0 Å². The lowest BCUT2D eigenvalue weighted by Crippen LogP contribution is -2.59. The summed E-state index contributed by atoms with van der Waals surface area (Å²) in [6.45, 7) is 2.19. The van der Waals surface area contributed by atoms with E-state index in [9.17, 15) is 15.3 Å². The first-order valence-electron chi connectivity index (χ1n) is 8.04. The lowest BCUT2D eigenvalue weighted by atomic mass is 9.99. The summed E-state index contributed by atoms with van der Waals surface area (Å²) in [5.41, 5.74) is 0. The summed E-state index contributed by atoms with van der Waals surface area (Å²) < 4.78 is 10.7. The van der Waals surface area contributed by atoms with Gasteiger partial charge < -0.3 is 29.9 Å². The molecule has 1 heterocycles. The summed E-state index contributed by atoms with van der Waals surface area (Å²) in [4.78, 5) is 0. The quantitative estimate of drug-likeness (QED) is 0.440. The predicted molar refractivity (Wildman–Crippen MR) is 77.7 cm³/mol. The smallest absolute Gasteiger partial charge is 0.186 e. The summed E-state index contributed by atoms with van der Waals surface area (Å²) in [6.07, 6.45) is 2.20. The summed E-state index contributed by atoms with van der Waals surface area (Å²) >= 11 is 0. The Morgan fingerprint density at radius 1 is 0.857 bits per heavy atom. The Morgan fingerprint density at radius 2 is 1.48 bits per heavy atom. The first kappa shape index (κ1) is 18.8. The molecule has 0 spiro atoms. The van der Waals surface area contributed by atoms with Gasteiger partial charge in [0.05, 0.1) is 6.61 Å². The minimum absolute atomic E-state index is 0.427. The minimum Gasteiger partial charge on any atom is -0.394 e. The molecule has 0 amide bonds. The Kier molecular flexibility index (Phi) is 9.39. The molecule has 1 rings (SSSR count). The van der Waals surface area contributed by atoms with Gasteiger partial charge in [-0.25, -0.2) is 0 Å². The van der Waals surface area contributed by atoms with Crippen LogP contribution in [-0.4, -0.2) is 64.3 Å². The maximum atomic E-state index is 9.78. The molecule has 0 bridgehead atoms. The van der Waals surface area contributed by atoms with Crippen molar-refractivity contribution < 1.29 is 29.9 Å². The van der Waals surface area contributed by atoms with Crippen LogP contribution in [0.25, 0.3) is 0 Å². The number of hydrogen-bond donors (Lipinski definition) is 4. The third-order valence-corrected chi connectivity index (χ3v) is 3.88. The molecule has 1 aliphatic heterocycles. The van der Waals surface area contributed by atoms with Crippen molar-refractivity contribution in [2.75, 3.05) is 13.2 Å². The second-order valence-electron chi connectivity index (χ2n) is 5.69. The van der Waals surface area contributed by atoms with Crippen LogP contribution < -0.4 is 0 Å². The van der Waals surface area contributed by atoms with E-state index in [1.54, 1.807) is 0 Å². The predicted octanol–water partition coefficient (Wildman–Crippen LogP) is 0.553. The third kappa shape index (κ3) is 6.18. The fourth-order valence-corrected chi connectivity index (χ4v) is 2.46. The zero-order chi connectivity index (χ0) is 15.7. The molecule has 0 aromatic heterocycles. The molecule has 21 heavy (non-hydrogen) atoms. The number of hydrogen-bond acceptors (Lipinski definition) is 6. The molecule has 1 fully saturated rings. The van der Waals surface area contributed by atoms with Crippen molar-refractivity contribution >= 4 is 0 Å². The largest absolute Gasteiger partial charge is 0.394 e. The SMILES string of the molecule is CCCCCCCCCO[C@@H]1O[C@H](CO)[C@@H](O)[C@H](O)[C@H]1O. The van der Waals surface area contributed by atoms with Crippen molar-refractivity contribution in [3.05, 3.63) is 0 Å². The molecule has 0 saturated carbocycles. The Labute approximate surface area is 126 Å². The van der Waals surface area contributed by atoms with Crippen molar-refractivity contribution in [3.8, 4) is 0 Å². The summed E-state index contributed by atoms with van der Waals surface area (Å²) in [5, 5.41) is 38.1. The lowest BCUT2D eigenvalue weighted by molar-refractivity contribution is -0.301. The van der Waals surface area contributed by atoms with Crippen LogP contribution >= 0.6 is 0 Å². The van der Waals surface area contributed by atoms with E-state index in [0.717, 1.165) is 19.3 Å². The normalized spacial score (nSPS) is 33.3. The second-order valence-corrected chi connectivity index (χ2v) is 5.69. The molecule has 4 N–H and O–H groups in total. The Hall–Kier alpha value is -0.240. The zero-order valence-electron chi connectivity index (χ0n) is 12.9. The highest BCUT2D eigenvalue weighted by Gasteiger charge is 2.43. The van der Waals surface area contributed by atoms with Gasteiger partial charge in [-0.05, 0) is 6.42 Å². The highest BCUT2D eigenvalue weighted by molar-refractivity contribution is 4.88. The number of aliphatic hydroxyl groups excluding tert-OH is 4. The second kappa shape index (κ2) is 10.5. The molecule has 0 aliphatic carbocycles. The molecule has 0 radical (unpaired) electrons.